The van der Waals surface area contributed by atoms with Crippen molar-refractivity contribution in [2.24, 2.45) is 0 Å². The van der Waals surface area contributed by atoms with Gasteiger partial charge in [0.2, 0.25) is 5.91 Å². The van der Waals surface area contributed by atoms with Crippen LogP contribution in [-0.2, 0) is 4.79 Å². The van der Waals surface area contributed by atoms with Crippen molar-refractivity contribution in [2.75, 3.05) is 44.6 Å². The van der Waals surface area contributed by atoms with Crippen LogP contribution in [-0.4, -0.2) is 60.0 Å². The molecule has 2 aromatic rings. The number of rotatable bonds is 6. The van der Waals surface area contributed by atoms with E-state index in [2.05, 4.69) is 56.5 Å². The minimum Gasteiger partial charge on any atom is -0.325 e. The van der Waals surface area contributed by atoms with Gasteiger partial charge in [-0.15, -0.1) is 0 Å². The smallest absolute Gasteiger partial charge is 0.238 e. The first kappa shape index (κ1) is 17.3. The molecule has 5 nitrogen and oxygen atoms in total. The summed E-state index contributed by atoms with van der Waals surface area (Å²) in [5.74, 6) is 0.0311. The highest BCUT2D eigenvalue weighted by atomic mass is 16.2. The maximum Gasteiger partial charge on any atom is 0.238 e. The SMILES string of the molecule is O=C(CN1CCN(C/C=C/c2ccccc2)CC1)Nc1ccncc1. The molecule has 0 aliphatic carbocycles. The summed E-state index contributed by atoms with van der Waals surface area (Å²) in [6.07, 6.45) is 7.73. The lowest BCUT2D eigenvalue weighted by Crippen LogP contribution is -2.48. The fourth-order valence-corrected chi connectivity index (χ4v) is 2.87. The molecule has 1 saturated heterocycles. The number of carbonyl (C=O) groups excluding carboxylic acids is 1. The van der Waals surface area contributed by atoms with Crippen LogP contribution in [0.2, 0.25) is 0 Å². The molecule has 1 aliphatic rings. The maximum atomic E-state index is 12.1. The van der Waals surface area contributed by atoms with E-state index in [0.717, 1.165) is 38.4 Å². The van der Waals surface area contributed by atoms with Gasteiger partial charge in [0, 0.05) is 50.8 Å². The number of aromatic nitrogens is 1. The molecule has 0 spiro atoms. The molecule has 0 unspecified atom stereocenters. The molecule has 3 rings (SSSR count). The second kappa shape index (κ2) is 9.11. The van der Waals surface area contributed by atoms with Crippen LogP contribution >= 0.6 is 0 Å². The Hall–Kier alpha value is -2.50. The van der Waals surface area contributed by atoms with Gasteiger partial charge >= 0.3 is 0 Å². The molecular formula is C20H24N4O. The number of pyridine rings is 1. The van der Waals surface area contributed by atoms with Crippen molar-refractivity contribution >= 4 is 17.7 Å². The van der Waals surface area contributed by atoms with Crippen molar-refractivity contribution in [1.29, 1.82) is 0 Å². The Morgan fingerprint density at radius 1 is 1.00 bits per heavy atom. The van der Waals surface area contributed by atoms with Gasteiger partial charge in [-0.05, 0) is 17.7 Å². The highest BCUT2D eigenvalue weighted by Crippen LogP contribution is 2.06. The van der Waals surface area contributed by atoms with E-state index in [0.29, 0.717) is 6.54 Å². The van der Waals surface area contributed by atoms with E-state index in [1.807, 2.05) is 6.07 Å². The zero-order valence-corrected chi connectivity index (χ0v) is 14.3. The van der Waals surface area contributed by atoms with Crippen molar-refractivity contribution in [1.82, 2.24) is 14.8 Å². The summed E-state index contributed by atoms with van der Waals surface area (Å²) in [7, 11) is 0. The Balaban J connectivity index is 1.37. The summed E-state index contributed by atoms with van der Waals surface area (Å²) >= 11 is 0. The van der Waals surface area contributed by atoms with E-state index in [1.165, 1.54) is 5.56 Å². The number of hydrogen-bond donors (Lipinski definition) is 1. The molecule has 0 bridgehead atoms. The fourth-order valence-electron chi connectivity index (χ4n) is 2.87. The van der Waals surface area contributed by atoms with Crippen LogP contribution in [0.5, 0.6) is 0 Å². The maximum absolute atomic E-state index is 12.1. The first-order valence-electron chi connectivity index (χ1n) is 8.66. The summed E-state index contributed by atoms with van der Waals surface area (Å²) in [4.78, 5) is 20.7. The molecule has 0 radical (unpaired) electrons. The average molecular weight is 336 g/mol. The molecule has 1 aliphatic heterocycles. The van der Waals surface area contributed by atoms with E-state index in [-0.39, 0.29) is 5.91 Å². The third-order valence-electron chi connectivity index (χ3n) is 4.27. The van der Waals surface area contributed by atoms with E-state index in [1.54, 1.807) is 24.5 Å². The summed E-state index contributed by atoms with van der Waals surface area (Å²) in [6, 6.07) is 13.9. The molecule has 0 atom stereocenters. The summed E-state index contributed by atoms with van der Waals surface area (Å²) in [6.45, 7) is 5.21. The minimum absolute atomic E-state index is 0.0311. The topological polar surface area (TPSA) is 48.5 Å². The van der Waals surface area contributed by atoms with Gasteiger partial charge in [0.25, 0.3) is 0 Å². The molecule has 1 aromatic heterocycles. The van der Waals surface area contributed by atoms with Crippen LogP contribution in [0.4, 0.5) is 5.69 Å². The van der Waals surface area contributed by atoms with Crippen molar-refractivity contribution < 1.29 is 4.79 Å². The van der Waals surface area contributed by atoms with Crippen LogP contribution in [0, 0.1) is 0 Å². The largest absolute Gasteiger partial charge is 0.325 e. The Kier molecular flexibility index (Phi) is 6.31. The van der Waals surface area contributed by atoms with Crippen molar-refractivity contribution in [3.8, 4) is 0 Å². The molecule has 1 fully saturated rings. The molecule has 130 valence electrons. The monoisotopic (exact) mass is 336 g/mol. The van der Waals surface area contributed by atoms with Crippen LogP contribution in [0.15, 0.2) is 60.9 Å². The Labute approximate surface area is 149 Å². The highest BCUT2D eigenvalue weighted by molar-refractivity contribution is 5.92. The first-order chi connectivity index (χ1) is 12.3. The number of benzene rings is 1. The van der Waals surface area contributed by atoms with Crippen LogP contribution in [0.3, 0.4) is 0 Å². The second-order valence-corrected chi connectivity index (χ2v) is 6.17. The fraction of sp³-hybridized carbons (Fsp3) is 0.300. The molecular weight excluding hydrogens is 312 g/mol. The Morgan fingerprint density at radius 2 is 1.68 bits per heavy atom. The van der Waals surface area contributed by atoms with Crippen LogP contribution in [0.25, 0.3) is 6.08 Å². The normalized spacial score (nSPS) is 16.2. The lowest BCUT2D eigenvalue weighted by Gasteiger charge is -2.33. The lowest BCUT2D eigenvalue weighted by molar-refractivity contribution is -0.117. The zero-order valence-electron chi connectivity index (χ0n) is 14.3. The molecule has 25 heavy (non-hydrogen) atoms. The first-order valence-corrected chi connectivity index (χ1v) is 8.66. The van der Waals surface area contributed by atoms with Gasteiger partial charge in [-0.2, -0.15) is 0 Å². The van der Waals surface area contributed by atoms with E-state index < -0.39 is 0 Å². The van der Waals surface area contributed by atoms with Gasteiger partial charge in [-0.3, -0.25) is 19.6 Å². The number of nitrogens with zero attached hydrogens (tertiary/aromatic N) is 3. The minimum atomic E-state index is 0.0311. The van der Waals surface area contributed by atoms with Gasteiger partial charge in [0.05, 0.1) is 6.54 Å². The number of anilines is 1. The summed E-state index contributed by atoms with van der Waals surface area (Å²) < 4.78 is 0. The Morgan fingerprint density at radius 3 is 2.40 bits per heavy atom. The number of piperazine rings is 1. The number of hydrogen-bond acceptors (Lipinski definition) is 4. The predicted octanol–water partition coefficient (Wildman–Crippen LogP) is 2.35. The zero-order chi connectivity index (χ0) is 17.3. The molecule has 5 heteroatoms. The van der Waals surface area contributed by atoms with E-state index in [4.69, 9.17) is 0 Å². The molecule has 0 saturated carbocycles. The van der Waals surface area contributed by atoms with Crippen LogP contribution < -0.4 is 5.32 Å². The molecule has 2 heterocycles. The number of amides is 1. The number of nitrogens with one attached hydrogen (secondary N) is 1. The average Bonchev–Trinajstić information content (AvgIpc) is 2.65. The van der Waals surface area contributed by atoms with Gasteiger partial charge in [-0.25, -0.2) is 0 Å². The third-order valence-corrected chi connectivity index (χ3v) is 4.27. The number of carbonyl (C=O) groups is 1. The summed E-state index contributed by atoms with van der Waals surface area (Å²) in [5.41, 5.74) is 2.03. The summed E-state index contributed by atoms with van der Waals surface area (Å²) in [5, 5.41) is 2.91. The van der Waals surface area contributed by atoms with Crippen LogP contribution in [0.1, 0.15) is 5.56 Å². The van der Waals surface area contributed by atoms with Gasteiger partial charge in [0.15, 0.2) is 0 Å². The quantitative estimate of drug-likeness (QED) is 0.880. The Bertz CT molecular complexity index is 679. The highest BCUT2D eigenvalue weighted by Gasteiger charge is 2.18. The predicted molar refractivity (Wildman–Crippen MR) is 101 cm³/mol. The van der Waals surface area contributed by atoms with Crippen molar-refractivity contribution in [3.05, 3.63) is 66.5 Å². The van der Waals surface area contributed by atoms with E-state index >= 15 is 0 Å². The van der Waals surface area contributed by atoms with Gasteiger partial charge < -0.3 is 5.32 Å². The molecule has 1 aromatic carbocycles. The van der Waals surface area contributed by atoms with Crippen molar-refractivity contribution in [2.45, 2.75) is 0 Å². The van der Waals surface area contributed by atoms with Gasteiger partial charge in [0.1, 0.15) is 0 Å². The van der Waals surface area contributed by atoms with Gasteiger partial charge in [-0.1, -0.05) is 42.5 Å². The molecule has 1 amide bonds. The van der Waals surface area contributed by atoms with E-state index in [9.17, 15) is 4.79 Å². The third kappa shape index (κ3) is 5.81. The van der Waals surface area contributed by atoms with Crippen molar-refractivity contribution in [3.63, 3.8) is 0 Å². The standard InChI is InChI=1S/C20H24N4O/c25-20(22-19-8-10-21-11-9-19)17-24-15-13-23(14-16-24)12-4-7-18-5-2-1-3-6-18/h1-11H,12-17H2,(H,21,22,25)/b7-4+. The molecule has 1 N–H and O–H groups in total. The lowest BCUT2D eigenvalue weighted by atomic mass is 10.2. The second-order valence-electron chi connectivity index (χ2n) is 6.17.